The molecule has 0 unspecified atom stereocenters. The van der Waals surface area contributed by atoms with Gasteiger partial charge in [0.2, 0.25) is 0 Å². The maximum atomic E-state index is 5.81. The van der Waals surface area contributed by atoms with Crippen LogP contribution in [-0.4, -0.2) is 12.3 Å². The number of hydrogen-bond acceptors (Lipinski definition) is 3. The van der Waals surface area contributed by atoms with Crippen LogP contribution in [-0.2, 0) is 12.3 Å². The van der Waals surface area contributed by atoms with Crippen LogP contribution in [0.1, 0.15) is 11.1 Å². The topological polar surface area (TPSA) is 21.3 Å². The molecule has 0 aliphatic carbocycles. The van der Waals surface area contributed by atoms with Gasteiger partial charge in [0.25, 0.3) is 0 Å². The summed E-state index contributed by atoms with van der Waals surface area (Å²) in [6, 6.07) is 28.7. The molecule has 1 N–H and O–H groups in total. The van der Waals surface area contributed by atoms with Crippen molar-refractivity contribution in [2.45, 2.75) is 12.3 Å². The summed E-state index contributed by atoms with van der Waals surface area (Å²) in [7, 11) is 0. The van der Waals surface area contributed by atoms with Crippen LogP contribution in [0, 0.1) is 0 Å². The summed E-state index contributed by atoms with van der Waals surface area (Å²) in [6.07, 6.45) is 0. The van der Waals surface area contributed by atoms with E-state index in [4.69, 9.17) is 4.74 Å². The minimum absolute atomic E-state index is 0.865. The van der Waals surface area contributed by atoms with Crippen LogP contribution < -0.4 is 10.1 Å². The molecule has 0 aliphatic rings. The largest absolute Gasteiger partial charge is 0.457 e. The molecule has 3 aromatic carbocycles. The predicted molar refractivity (Wildman–Crippen MR) is 107 cm³/mol. The molecule has 3 rings (SSSR count). The smallest absolute Gasteiger partial charge is 0.127 e. The van der Waals surface area contributed by atoms with Gasteiger partial charge < -0.3 is 10.1 Å². The van der Waals surface area contributed by atoms with Gasteiger partial charge in [-0.15, -0.1) is 0 Å². The second kappa shape index (κ2) is 9.92. The monoisotopic (exact) mass is 349 g/mol. The van der Waals surface area contributed by atoms with Crippen LogP contribution in [0.25, 0.3) is 0 Å². The Balaban J connectivity index is 1.33. The first-order chi connectivity index (χ1) is 12.4. The maximum absolute atomic E-state index is 5.81. The second-order valence-corrected chi connectivity index (χ2v) is 6.88. The number of thioether (sulfide) groups is 1. The zero-order chi connectivity index (χ0) is 17.2. The zero-order valence-electron chi connectivity index (χ0n) is 14.2. The van der Waals surface area contributed by atoms with Crippen LogP contribution in [0.5, 0.6) is 11.5 Å². The summed E-state index contributed by atoms with van der Waals surface area (Å²) >= 11 is 1.96. The van der Waals surface area contributed by atoms with Crippen molar-refractivity contribution >= 4 is 11.8 Å². The maximum Gasteiger partial charge on any atom is 0.127 e. The fraction of sp³-hybridized carbons (Fsp3) is 0.182. The summed E-state index contributed by atoms with van der Waals surface area (Å²) in [5.41, 5.74) is 2.66. The van der Waals surface area contributed by atoms with Crippen molar-refractivity contribution in [3.63, 3.8) is 0 Å². The summed E-state index contributed by atoms with van der Waals surface area (Å²) in [5.74, 6) is 3.93. The molecule has 3 heteroatoms. The highest BCUT2D eigenvalue weighted by molar-refractivity contribution is 7.98. The van der Waals surface area contributed by atoms with E-state index in [0.29, 0.717) is 0 Å². The highest BCUT2D eigenvalue weighted by atomic mass is 32.2. The molecule has 3 aromatic rings. The number of hydrogen-bond donors (Lipinski definition) is 1. The van der Waals surface area contributed by atoms with Crippen molar-refractivity contribution in [1.29, 1.82) is 0 Å². The van der Waals surface area contributed by atoms with E-state index in [1.165, 1.54) is 11.1 Å². The van der Waals surface area contributed by atoms with E-state index in [1.54, 1.807) is 0 Å². The molecule has 2 nitrogen and oxygen atoms in total. The Hall–Kier alpha value is -2.23. The van der Waals surface area contributed by atoms with E-state index in [2.05, 4.69) is 47.8 Å². The van der Waals surface area contributed by atoms with E-state index >= 15 is 0 Å². The van der Waals surface area contributed by atoms with E-state index in [0.717, 1.165) is 36.1 Å². The molecule has 25 heavy (non-hydrogen) atoms. The Kier molecular flexibility index (Phi) is 6.98. The lowest BCUT2D eigenvalue weighted by atomic mass is 10.2. The number of benzene rings is 3. The Labute approximate surface area is 154 Å². The van der Waals surface area contributed by atoms with Crippen molar-refractivity contribution in [1.82, 2.24) is 5.32 Å². The molecule has 0 fully saturated rings. The van der Waals surface area contributed by atoms with Gasteiger partial charge in [-0.1, -0.05) is 60.7 Å². The summed E-state index contributed by atoms with van der Waals surface area (Å²) in [6.45, 7) is 1.90. The van der Waals surface area contributed by atoms with Crippen molar-refractivity contribution < 1.29 is 4.74 Å². The molecule has 0 amide bonds. The molecule has 0 spiro atoms. The van der Waals surface area contributed by atoms with E-state index in [-0.39, 0.29) is 0 Å². The average Bonchev–Trinajstić information content (AvgIpc) is 2.67. The molecule has 0 aliphatic heterocycles. The van der Waals surface area contributed by atoms with Gasteiger partial charge in [0.15, 0.2) is 0 Å². The molecule has 0 radical (unpaired) electrons. The van der Waals surface area contributed by atoms with E-state index < -0.39 is 0 Å². The van der Waals surface area contributed by atoms with Crippen LogP contribution in [0.15, 0.2) is 84.9 Å². The van der Waals surface area contributed by atoms with Crippen molar-refractivity contribution in [2.75, 3.05) is 12.3 Å². The van der Waals surface area contributed by atoms with Gasteiger partial charge in [0, 0.05) is 24.6 Å². The van der Waals surface area contributed by atoms with E-state index in [9.17, 15) is 0 Å². The first-order valence-electron chi connectivity index (χ1n) is 8.54. The Morgan fingerprint density at radius 2 is 1.32 bits per heavy atom. The summed E-state index contributed by atoms with van der Waals surface area (Å²) < 4.78 is 5.81. The Morgan fingerprint density at radius 3 is 2.04 bits per heavy atom. The third-order valence-electron chi connectivity index (χ3n) is 3.77. The number of nitrogens with one attached hydrogen (secondary N) is 1. The normalized spacial score (nSPS) is 10.6. The molecule has 0 saturated heterocycles. The standard InChI is InChI=1S/C22H23NOS/c1-3-7-20(8-4-1)18-25-16-15-23-17-19-11-13-22(14-12-19)24-21-9-5-2-6-10-21/h1-14,23H,15-18H2. The molecule has 0 heterocycles. The van der Waals surface area contributed by atoms with Crippen LogP contribution in [0.2, 0.25) is 0 Å². The van der Waals surface area contributed by atoms with Crippen molar-refractivity contribution in [3.05, 3.63) is 96.1 Å². The number of para-hydroxylation sites is 1. The van der Waals surface area contributed by atoms with Gasteiger partial charge in [0.1, 0.15) is 11.5 Å². The first-order valence-corrected chi connectivity index (χ1v) is 9.70. The van der Waals surface area contributed by atoms with E-state index in [1.807, 2.05) is 54.2 Å². The predicted octanol–water partition coefficient (Wildman–Crippen LogP) is 5.50. The van der Waals surface area contributed by atoms with Crippen molar-refractivity contribution in [2.24, 2.45) is 0 Å². The Bertz CT molecular complexity index is 729. The van der Waals surface area contributed by atoms with Crippen LogP contribution in [0.4, 0.5) is 0 Å². The SMILES string of the molecule is c1ccc(CSCCNCc2ccc(Oc3ccccc3)cc2)cc1. The lowest BCUT2D eigenvalue weighted by molar-refractivity contribution is 0.482. The lowest BCUT2D eigenvalue weighted by Crippen LogP contribution is -2.16. The van der Waals surface area contributed by atoms with Gasteiger partial charge in [0.05, 0.1) is 0 Å². The molecule has 0 aromatic heterocycles. The summed E-state index contributed by atoms with van der Waals surface area (Å²) in [5, 5.41) is 3.50. The second-order valence-electron chi connectivity index (χ2n) is 5.77. The van der Waals surface area contributed by atoms with Gasteiger partial charge in [-0.05, 0) is 35.4 Å². The first kappa shape index (κ1) is 17.6. The molecular weight excluding hydrogens is 326 g/mol. The quantitative estimate of drug-likeness (QED) is 0.515. The third kappa shape index (κ3) is 6.29. The Morgan fingerprint density at radius 1 is 0.680 bits per heavy atom. The minimum Gasteiger partial charge on any atom is -0.457 e. The molecule has 128 valence electrons. The number of ether oxygens (including phenoxy) is 1. The van der Waals surface area contributed by atoms with Crippen LogP contribution in [0.3, 0.4) is 0 Å². The third-order valence-corrected chi connectivity index (χ3v) is 4.80. The molecule has 0 saturated carbocycles. The van der Waals surface area contributed by atoms with Crippen molar-refractivity contribution in [3.8, 4) is 11.5 Å². The minimum atomic E-state index is 0.865. The van der Waals surface area contributed by atoms with Gasteiger partial charge in [-0.25, -0.2) is 0 Å². The fourth-order valence-corrected chi connectivity index (χ4v) is 3.30. The van der Waals surface area contributed by atoms with Gasteiger partial charge in [-0.2, -0.15) is 11.8 Å². The highest BCUT2D eigenvalue weighted by Crippen LogP contribution is 2.21. The molecule has 0 atom stereocenters. The highest BCUT2D eigenvalue weighted by Gasteiger charge is 1.98. The average molecular weight is 349 g/mol. The lowest BCUT2D eigenvalue weighted by Gasteiger charge is -2.08. The van der Waals surface area contributed by atoms with Gasteiger partial charge in [-0.3, -0.25) is 0 Å². The fourth-order valence-electron chi connectivity index (χ4n) is 2.44. The molecular formula is C22H23NOS. The van der Waals surface area contributed by atoms with Crippen LogP contribution >= 0.6 is 11.8 Å². The summed E-state index contributed by atoms with van der Waals surface area (Å²) in [4.78, 5) is 0. The van der Waals surface area contributed by atoms with Gasteiger partial charge >= 0.3 is 0 Å². The molecule has 0 bridgehead atoms. The number of rotatable bonds is 9. The zero-order valence-corrected chi connectivity index (χ0v) is 15.0.